The summed E-state index contributed by atoms with van der Waals surface area (Å²) < 4.78 is 27.9. The van der Waals surface area contributed by atoms with Gasteiger partial charge in [-0.1, -0.05) is 29.8 Å². The van der Waals surface area contributed by atoms with Crippen LogP contribution in [-0.4, -0.2) is 14.5 Å². The molecule has 1 aromatic carbocycles. The van der Waals surface area contributed by atoms with Crippen LogP contribution in [0.5, 0.6) is 0 Å². The van der Waals surface area contributed by atoms with Gasteiger partial charge in [-0.15, -0.1) is 0 Å². The number of sulfonamides is 1. The Balaban J connectivity index is 2.89. The van der Waals surface area contributed by atoms with Crippen molar-refractivity contribution in [2.45, 2.75) is 45.1 Å². The lowest BCUT2D eigenvalue weighted by Crippen LogP contribution is -2.33. The van der Waals surface area contributed by atoms with Gasteiger partial charge in [0, 0.05) is 10.5 Å². The Bertz CT molecular complexity index is 512. The first-order valence-corrected chi connectivity index (χ1v) is 8.28. The van der Waals surface area contributed by atoms with Crippen molar-refractivity contribution in [2.24, 2.45) is 5.92 Å². The van der Waals surface area contributed by atoms with E-state index in [1.54, 1.807) is 18.2 Å². The average molecular weight is 334 g/mol. The summed E-state index contributed by atoms with van der Waals surface area (Å²) >= 11 is 3.36. The molecule has 18 heavy (non-hydrogen) atoms. The Kier molecular flexibility index (Phi) is 5.37. The predicted octanol–water partition coefficient (Wildman–Crippen LogP) is 3.47. The quantitative estimate of drug-likeness (QED) is 0.896. The summed E-state index contributed by atoms with van der Waals surface area (Å²) in [4.78, 5) is 0.318. The maximum absolute atomic E-state index is 12.2. The number of rotatable bonds is 5. The van der Waals surface area contributed by atoms with Crippen molar-refractivity contribution in [1.29, 1.82) is 0 Å². The van der Waals surface area contributed by atoms with Crippen molar-refractivity contribution in [1.82, 2.24) is 4.72 Å². The second kappa shape index (κ2) is 6.17. The maximum Gasteiger partial charge on any atom is 0.240 e. The number of hydrogen-bond acceptors (Lipinski definition) is 2. The van der Waals surface area contributed by atoms with Crippen LogP contribution in [0.1, 0.15) is 32.8 Å². The van der Waals surface area contributed by atoms with Gasteiger partial charge >= 0.3 is 0 Å². The van der Waals surface area contributed by atoms with E-state index in [-0.39, 0.29) is 6.04 Å². The van der Waals surface area contributed by atoms with E-state index in [2.05, 4.69) is 34.5 Å². The van der Waals surface area contributed by atoms with Gasteiger partial charge in [0.05, 0.1) is 4.90 Å². The monoisotopic (exact) mass is 333 g/mol. The predicted molar refractivity (Wildman–Crippen MR) is 78.1 cm³/mol. The van der Waals surface area contributed by atoms with Gasteiger partial charge in [0.15, 0.2) is 0 Å². The molecule has 0 aromatic heterocycles. The molecule has 0 heterocycles. The molecular formula is C13H20BrNO2S. The number of hydrogen-bond donors (Lipinski definition) is 1. The van der Waals surface area contributed by atoms with Gasteiger partial charge in [0.25, 0.3) is 0 Å². The van der Waals surface area contributed by atoms with Gasteiger partial charge in [-0.3, -0.25) is 0 Å². The molecule has 0 bridgehead atoms. The highest BCUT2D eigenvalue weighted by Gasteiger charge is 2.18. The van der Waals surface area contributed by atoms with Crippen LogP contribution in [0.3, 0.4) is 0 Å². The standard InChI is InChI=1S/C13H20BrNO2S/c1-9(2)7-11(4)15-18(16,17)12-5-6-13(14)10(3)8-12/h5-6,8-9,11,15H,7H2,1-4H3. The lowest BCUT2D eigenvalue weighted by Gasteiger charge is -2.16. The number of aryl methyl sites for hydroxylation is 1. The van der Waals surface area contributed by atoms with Crippen molar-refractivity contribution >= 4 is 26.0 Å². The molecule has 102 valence electrons. The fourth-order valence-corrected chi connectivity index (χ4v) is 3.46. The van der Waals surface area contributed by atoms with E-state index < -0.39 is 10.0 Å². The summed E-state index contributed by atoms with van der Waals surface area (Å²) in [6.07, 6.45) is 0.828. The second-order valence-electron chi connectivity index (χ2n) is 5.06. The zero-order valence-corrected chi connectivity index (χ0v) is 13.6. The molecule has 0 aliphatic heterocycles. The minimum atomic E-state index is -3.42. The van der Waals surface area contributed by atoms with Gasteiger partial charge in [-0.2, -0.15) is 0 Å². The highest BCUT2D eigenvalue weighted by Crippen LogP contribution is 2.20. The van der Waals surface area contributed by atoms with Crippen LogP contribution < -0.4 is 4.72 Å². The van der Waals surface area contributed by atoms with Gasteiger partial charge in [-0.05, 0) is 49.9 Å². The number of halogens is 1. The summed E-state index contributed by atoms with van der Waals surface area (Å²) in [6, 6.07) is 4.99. The van der Waals surface area contributed by atoms with Gasteiger partial charge in [0.1, 0.15) is 0 Å². The summed E-state index contributed by atoms with van der Waals surface area (Å²) in [5.41, 5.74) is 0.911. The molecule has 1 aromatic rings. The third kappa shape index (κ3) is 4.37. The van der Waals surface area contributed by atoms with Crippen molar-refractivity contribution in [2.75, 3.05) is 0 Å². The summed E-state index contributed by atoms with van der Waals surface area (Å²) in [5, 5.41) is 0. The highest BCUT2D eigenvalue weighted by atomic mass is 79.9. The number of benzene rings is 1. The van der Waals surface area contributed by atoms with Crippen LogP contribution >= 0.6 is 15.9 Å². The van der Waals surface area contributed by atoms with Crippen molar-refractivity contribution in [3.63, 3.8) is 0 Å². The average Bonchev–Trinajstić information content (AvgIpc) is 2.19. The highest BCUT2D eigenvalue weighted by molar-refractivity contribution is 9.10. The first-order valence-electron chi connectivity index (χ1n) is 6.01. The minimum Gasteiger partial charge on any atom is -0.208 e. The largest absolute Gasteiger partial charge is 0.240 e. The smallest absolute Gasteiger partial charge is 0.208 e. The van der Waals surface area contributed by atoms with Gasteiger partial charge in [-0.25, -0.2) is 13.1 Å². The molecule has 0 radical (unpaired) electrons. The molecule has 0 saturated heterocycles. The third-order valence-electron chi connectivity index (χ3n) is 2.62. The van der Waals surface area contributed by atoms with E-state index in [1.165, 1.54) is 0 Å². The van der Waals surface area contributed by atoms with Crippen LogP contribution in [0.15, 0.2) is 27.6 Å². The van der Waals surface area contributed by atoms with E-state index >= 15 is 0 Å². The van der Waals surface area contributed by atoms with Crippen molar-refractivity contribution in [3.8, 4) is 0 Å². The molecule has 0 fully saturated rings. The molecule has 1 N–H and O–H groups in total. The first-order chi connectivity index (χ1) is 8.22. The topological polar surface area (TPSA) is 46.2 Å². The molecular weight excluding hydrogens is 314 g/mol. The number of nitrogens with one attached hydrogen (secondary N) is 1. The Morgan fingerprint density at radius 1 is 1.28 bits per heavy atom. The Hall–Kier alpha value is -0.390. The van der Waals surface area contributed by atoms with E-state index in [9.17, 15) is 8.42 Å². The molecule has 1 rings (SSSR count). The van der Waals surface area contributed by atoms with E-state index in [0.29, 0.717) is 10.8 Å². The fraction of sp³-hybridized carbons (Fsp3) is 0.538. The van der Waals surface area contributed by atoms with Crippen LogP contribution in [-0.2, 0) is 10.0 Å². The Morgan fingerprint density at radius 3 is 2.39 bits per heavy atom. The van der Waals surface area contributed by atoms with Crippen LogP contribution in [0, 0.1) is 12.8 Å². The maximum atomic E-state index is 12.2. The van der Waals surface area contributed by atoms with Crippen molar-refractivity contribution < 1.29 is 8.42 Å². The second-order valence-corrected chi connectivity index (χ2v) is 7.63. The molecule has 3 nitrogen and oxygen atoms in total. The first kappa shape index (κ1) is 15.7. The summed E-state index contributed by atoms with van der Waals surface area (Å²) in [6.45, 7) is 7.92. The molecule has 1 atom stereocenters. The van der Waals surface area contributed by atoms with Crippen LogP contribution in [0.2, 0.25) is 0 Å². The molecule has 0 aliphatic carbocycles. The zero-order valence-electron chi connectivity index (χ0n) is 11.2. The Morgan fingerprint density at radius 2 is 1.89 bits per heavy atom. The molecule has 0 spiro atoms. The fourth-order valence-electron chi connectivity index (χ4n) is 1.87. The Labute approximate surface area is 118 Å². The molecule has 0 aliphatic rings. The summed E-state index contributed by atoms with van der Waals surface area (Å²) in [7, 11) is -3.42. The van der Waals surface area contributed by atoms with E-state index in [0.717, 1.165) is 16.5 Å². The summed E-state index contributed by atoms with van der Waals surface area (Å²) in [5.74, 6) is 0.467. The van der Waals surface area contributed by atoms with Gasteiger partial charge < -0.3 is 0 Å². The van der Waals surface area contributed by atoms with E-state index in [4.69, 9.17) is 0 Å². The molecule has 5 heteroatoms. The zero-order chi connectivity index (χ0) is 13.9. The van der Waals surface area contributed by atoms with E-state index in [1.807, 2.05) is 13.8 Å². The molecule has 1 unspecified atom stereocenters. The normalized spacial score (nSPS) is 13.9. The lowest BCUT2D eigenvalue weighted by molar-refractivity contribution is 0.482. The minimum absolute atomic E-state index is 0.0565. The van der Waals surface area contributed by atoms with Gasteiger partial charge in [0.2, 0.25) is 10.0 Å². The SMILES string of the molecule is Cc1cc(S(=O)(=O)NC(C)CC(C)C)ccc1Br. The van der Waals surface area contributed by atoms with Crippen molar-refractivity contribution in [3.05, 3.63) is 28.2 Å². The van der Waals surface area contributed by atoms with Crippen LogP contribution in [0.4, 0.5) is 0 Å². The lowest BCUT2D eigenvalue weighted by atomic mass is 10.1. The third-order valence-corrected chi connectivity index (χ3v) is 5.10. The molecule has 0 saturated carbocycles. The molecule has 0 amide bonds. The van der Waals surface area contributed by atoms with Crippen LogP contribution in [0.25, 0.3) is 0 Å².